The van der Waals surface area contributed by atoms with E-state index in [2.05, 4.69) is 36.2 Å². The minimum Gasteiger partial charge on any atom is -0.376 e. The van der Waals surface area contributed by atoms with Crippen molar-refractivity contribution < 1.29 is 9.47 Å². The van der Waals surface area contributed by atoms with Crippen molar-refractivity contribution in [2.45, 2.75) is 20.0 Å². The molecule has 2 heterocycles. The molecule has 1 saturated heterocycles. The second-order valence-corrected chi connectivity index (χ2v) is 4.81. The fourth-order valence-electron chi connectivity index (χ4n) is 2.44. The molecule has 3 rings (SSSR count). The van der Waals surface area contributed by atoms with Gasteiger partial charge < -0.3 is 9.47 Å². The topological polar surface area (TPSA) is 31.4 Å². The van der Waals surface area contributed by atoms with Crippen LogP contribution in [0.4, 0.5) is 0 Å². The summed E-state index contributed by atoms with van der Waals surface area (Å²) < 4.78 is 11.3. The number of hydrogen-bond donors (Lipinski definition) is 0. The lowest BCUT2D eigenvalue weighted by atomic mass is 10.0. The summed E-state index contributed by atoms with van der Waals surface area (Å²) in [4.78, 5) is 4.58. The average Bonchev–Trinajstić information content (AvgIpc) is 2.39. The van der Waals surface area contributed by atoms with Crippen LogP contribution in [0.25, 0.3) is 10.9 Å². The predicted octanol–water partition coefficient (Wildman–Crippen LogP) is 2.94. The fourth-order valence-corrected chi connectivity index (χ4v) is 2.44. The van der Waals surface area contributed by atoms with Gasteiger partial charge in [-0.25, -0.2) is 0 Å². The SMILES string of the molecule is Cc1ccc2nc(C)cc(C3COCCO3)c2c1. The molecule has 3 heteroatoms. The zero-order valence-electron chi connectivity index (χ0n) is 10.8. The number of benzene rings is 1. The number of hydrogen-bond acceptors (Lipinski definition) is 3. The van der Waals surface area contributed by atoms with E-state index < -0.39 is 0 Å². The smallest absolute Gasteiger partial charge is 0.107 e. The van der Waals surface area contributed by atoms with Crippen LogP contribution in [-0.4, -0.2) is 24.8 Å². The quantitative estimate of drug-likeness (QED) is 0.771. The van der Waals surface area contributed by atoms with E-state index in [1.165, 1.54) is 16.5 Å². The fraction of sp³-hybridized carbons (Fsp3) is 0.400. The van der Waals surface area contributed by atoms with Gasteiger partial charge in [-0.15, -0.1) is 0 Å². The summed E-state index contributed by atoms with van der Waals surface area (Å²) in [6.45, 7) is 6.11. The van der Waals surface area contributed by atoms with E-state index in [-0.39, 0.29) is 6.10 Å². The van der Waals surface area contributed by atoms with Crippen molar-refractivity contribution in [2.75, 3.05) is 19.8 Å². The summed E-state index contributed by atoms with van der Waals surface area (Å²) in [5, 5.41) is 1.18. The van der Waals surface area contributed by atoms with Gasteiger partial charge in [0.15, 0.2) is 0 Å². The van der Waals surface area contributed by atoms with E-state index in [1.54, 1.807) is 0 Å². The first-order valence-corrected chi connectivity index (χ1v) is 6.31. The summed E-state index contributed by atoms with van der Waals surface area (Å²) in [5.74, 6) is 0. The van der Waals surface area contributed by atoms with Crippen molar-refractivity contribution in [1.82, 2.24) is 4.98 Å². The van der Waals surface area contributed by atoms with Crippen molar-refractivity contribution >= 4 is 10.9 Å². The summed E-state index contributed by atoms with van der Waals surface area (Å²) in [6, 6.07) is 8.46. The molecule has 1 aliphatic heterocycles. The molecule has 1 fully saturated rings. The van der Waals surface area contributed by atoms with E-state index in [1.807, 2.05) is 6.92 Å². The third-order valence-corrected chi connectivity index (χ3v) is 3.29. The van der Waals surface area contributed by atoms with Gasteiger partial charge in [0, 0.05) is 11.1 Å². The maximum Gasteiger partial charge on any atom is 0.107 e. The number of rotatable bonds is 1. The van der Waals surface area contributed by atoms with E-state index in [0.717, 1.165) is 11.2 Å². The monoisotopic (exact) mass is 243 g/mol. The minimum atomic E-state index is 0.0322. The molecule has 1 unspecified atom stereocenters. The predicted molar refractivity (Wildman–Crippen MR) is 70.7 cm³/mol. The van der Waals surface area contributed by atoms with Crippen LogP contribution in [0.2, 0.25) is 0 Å². The summed E-state index contributed by atoms with van der Waals surface area (Å²) in [7, 11) is 0. The second kappa shape index (κ2) is 4.67. The molecule has 0 aliphatic carbocycles. The van der Waals surface area contributed by atoms with Crippen LogP contribution in [0.1, 0.15) is 22.9 Å². The summed E-state index contributed by atoms with van der Waals surface area (Å²) >= 11 is 0. The molecule has 0 spiro atoms. The molecule has 0 bridgehead atoms. The Morgan fingerprint density at radius 2 is 2.06 bits per heavy atom. The van der Waals surface area contributed by atoms with Gasteiger partial charge in [0.1, 0.15) is 6.10 Å². The Bertz CT molecular complexity index is 574. The number of aryl methyl sites for hydroxylation is 2. The second-order valence-electron chi connectivity index (χ2n) is 4.81. The molecule has 2 aromatic rings. The Kier molecular flexibility index (Phi) is 3.02. The van der Waals surface area contributed by atoms with Gasteiger partial charge in [-0.2, -0.15) is 0 Å². The molecule has 1 aliphatic rings. The van der Waals surface area contributed by atoms with Crippen molar-refractivity contribution in [1.29, 1.82) is 0 Å². The number of ether oxygens (including phenoxy) is 2. The molecule has 3 nitrogen and oxygen atoms in total. The average molecular weight is 243 g/mol. The zero-order chi connectivity index (χ0) is 12.5. The van der Waals surface area contributed by atoms with Gasteiger partial charge in [0.2, 0.25) is 0 Å². The lowest BCUT2D eigenvalue weighted by Gasteiger charge is -2.24. The largest absolute Gasteiger partial charge is 0.376 e. The first-order chi connectivity index (χ1) is 8.74. The Morgan fingerprint density at radius 3 is 2.83 bits per heavy atom. The van der Waals surface area contributed by atoms with Gasteiger partial charge in [-0.3, -0.25) is 4.98 Å². The van der Waals surface area contributed by atoms with Crippen LogP contribution in [0, 0.1) is 13.8 Å². The number of nitrogens with zero attached hydrogens (tertiary/aromatic N) is 1. The first-order valence-electron chi connectivity index (χ1n) is 6.31. The van der Waals surface area contributed by atoms with Crippen LogP contribution in [0.15, 0.2) is 24.3 Å². The summed E-state index contributed by atoms with van der Waals surface area (Å²) in [5.41, 5.74) is 4.49. The molecular weight excluding hydrogens is 226 g/mol. The van der Waals surface area contributed by atoms with E-state index in [4.69, 9.17) is 9.47 Å². The van der Waals surface area contributed by atoms with Gasteiger partial charge in [-0.05, 0) is 37.6 Å². The highest BCUT2D eigenvalue weighted by Gasteiger charge is 2.19. The number of aromatic nitrogens is 1. The third-order valence-electron chi connectivity index (χ3n) is 3.29. The molecule has 0 radical (unpaired) electrons. The third kappa shape index (κ3) is 2.11. The van der Waals surface area contributed by atoms with Gasteiger partial charge in [0.05, 0.1) is 25.3 Å². The Hall–Kier alpha value is -1.45. The van der Waals surface area contributed by atoms with E-state index in [0.29, 0.717) is 19.8 Å². The van der Waals surface area contributed by atoms with Gasteiger partial charge >= 0.3 is 0 Å². The maximum atomic E-state index is 5.81. The molecule has 1 atom stereocenters. The summed E-state index contributed by atoms with van der Waals surface area (Å²) in [6.07, 6.45) is 0.0322. The number of pyridine rings is 1. The molecule has 0 N–H and O–H groups in total. The highest BCUT2D eigenvalue weighted by Crippen LogP contribution is 2.29. The highest BCUT2D eigenvalue weighted by atomic mass is 16.6. The van der Waals surface area contributed by atoms with Crippen molar-refractivity contribution in [3.05, 3.63) is 41.1 Å². The van der Waals surface area contributed by atoms with Crippen molar-refractivity contribution in [3.63, 3.8) is 0 Å². The first kappa shape index (κ1) is 11.6. The standard InChI is InChI=1S/C15H17NO2/c1-10-3-4-14-12(7-10)13(8-11(2)16-14)15-9-17-5-6-18-15/h3-4,7-8,15H,5-6,9H2,1-2H3. The molecule has 0 amide bonds. The van der Waals surface area contributed by atoms with Gasteiger partial charge in [-0.1, -0.05) is 11.6 Å². The Morgan fingerprint density at radius 1 is 1.17 bits per heavy atom. The molecule has 1 aromatic heterocycles. The lowest BCUT2D eigenvalue weighted by Crippen LogP contribution is -2.22. The highest BCUT2D eigenvalue weighted by molar-refractivity contribution is 5.83. The molecular formula is C15H17NO2. The van der Waals surface area contributed by atoms with Crippen LogP contribution >= 0.6 is 0 Å². The van der Waals surface area contributed by atoms with Crippen molar-refractivity contribution in [2.24, 2.45) is 0 Å². The van der Waals surface area contributed by atoms with Crippen molar-refractivity contribution in [3.8, 4) is 0 Å². The zero-order valence-corrected chi connectivity index (χ0v) is 10.8. The van der Waals surface area contributed by atoms with E-state index >= 15 is 0 Å². The lowest BCUT2D eigenvalue weighted by molar-refractivity contribution is -0.0896. The van der Waals surface area contributed by atoms with Crippen LogP contribution in [0.3, 0.4) is 0 Å². The molecule has 1 aromatic carbocycles. The van der Waals surface area contributed by atoms with Crippen LogP contribution < -0.4 is 0 Å². The minimum absolute atomic E-state index is 0.0322. The maximum absolute atomic E-state index is 5.81. The Balaban J connectivity index is 2.16. The molecule has 18 heavy (non-hydrogen) atoms. The number of fused-ring (bicyclic) bond motifs is 1. The molecule has 94 valence electrons. The molecule has 0 saturated carbocycles. The Labute approximate surface area is 107 Å². The van der Waals surface area contributed by atoms with Crippen LogP contribution in [0.5, 0.6) is 0 Å². The van der Waals surface area contributed by atoms with E-state index in [9.17, 15) is 0 Å². The van der Waals surface area contributed by atoms with Gasteiger partial charge in [0.25, 0.3) is 0 Å². The van der Waals surface area contributed by atoms with Crippen LogP contribution in [-0.2, 0) is 9.47 Å². The normalized spacial score (nSPS) is 20.2.